The topological polar surface area (TPSA) is 38.9 Å². The Hall–Kier alpha value is -2.03. The van der Waals surface area contributed by atoms with E-state index in [4.69, 9.17) is 4.52 Å². The molecular formula is C16H9IrN2O-. The molecule has 3 nitrogen and oxygen atoms in total. The molecule has 2 aromatic heterocycles. The molecule has 2 heterocycles. The van der Waals surface area contributed by atoms with Crippen LogP contribution in [0.1, 0.15) is 0 Å². The summed E-state index contributed by atoms with van der Waals surface area (Å²) in [6.07, 6.45) is 4.84. The molecule has 0 unspecified atom stereocenters. The number of nitrogens with zero attached hydrogens (tertiary/aromatic N) is 2. The molecule has 99 valence electrons. The van der Waals surface area contributed by atoms with Gasteiger partial charge in [0.1, 0.15) is 0 Å². The van der Waals surface area contributed by atoms with Crippen LogP contribution in [-0.4, -0.2) is 10.1 Å². The number of aromatic nitrogens is 2. The second-order valence-corrected chi connectivity index (χ2v) is 4.36. The molecule has 0 saturated carbocycles. The van der Waals surface area contributed by atoms with Gasteiger partial charge >= 0.3 is 0 Å². The van der Waals surface area contributed by atoms with Crippen LogP contribution in [0.15, 0.2) is 59.3 Å². The maximum absolute atomic E-state index is 5.35. The predicted octanol–water partition coefficient (Wildman–Crippen LogP) is 3.84. The Bertz CT molecular complexity index is 880. The minimum Gasteiger partial charge on any atom is -0.366 e. The van der Waals surface area contributed by atoms with Crippen molar-refractivity contribution in [3.8, 4) is 11.3 Å². The average Bonchev–Trinajstić information content (AvgIpc) is 2.90. The third-order valence-electron chi connectivity index (χ3n) is 3.22. The number of hydrogen-bond donors (Lipinski definition) is 0. The van der Waals surface area contributed by atoms with Gasteiger partial charge in [-0.05, 0) is 18.5 Å². The summed E-state index contributed by atoms with van der Waals surface area (Å²) < 4.78 is 5.35. The quantitative estimate of drug-likeness (QED) is 0.425. The first kappa shape index (κ1) is 13.0. The number of fused-ring (bicyclic) bond motifs is 2. The van der Waals surface area contributed by atoms with E-state index in [0.717, 1.165) is 33.0 Å². The third kappa shape index (κ3) is 1.94. The molecule has 0 saturated heterocycles. The average molecular weight is 437 g/mol. The second kappa shape index (κ2) is 5.16. The van der Waals surface area contributed by atoms with E-state index in [2.05, 4.69) is 16.3 Å². The van der Waals surface area contributed by atoms with Crippen LogP contribution in [0.5, 0.6) is 0 Å². The molecule has 4 heteroatoms. The number of para-hydroxylation sites is 1. The molecule has 20 heavy (non-hydrogen) atoms. The Morgan fingerprint density at radius 1 is 0.900 bits per heavy atom. The molecule has 0 aliphatic heterocycles. The van der Waals surface area contributed by atoms with Crippen LogP contribution in [0.3, 0.4) is 0 Å². The van der Waals surface area contributed by atoms with Gasteiger partial charge in [0.05, 0.1) is 0 Å². The van der Waals surface area contributed by atoms with E-state index in [9.17, 15) is 0 Å². The van der Waals surface area contributed by atoms with Crippen LogP contribution in [0.2, 0.25) is 0 Å². The van der Waals surface area contributed by atoms with Gasteiger partial charge in [0.15, 0.2) is 5.58 Å². The van der Waals surface area contributed by atoms with Crippen LogP contribution in [0.25, 0.3) is 33.0 Å². The van der Waals surface area contributed by atoms with Crippen molar-refractivity contribution in [2.75, 3.05) is 0 Å². The monoisotopic (exact) mass is 438 g/mol. The van der Waals surface area contributed by atoms with Gasteiger partial charge < -0.3 is 9.51 Å². The van der Waals surface area contributed by atoms with Gasteiger partial charge in [-0.2, -0.15) is 0 Å². The summed E-state index contributed by atoms with van der Waals surface area (Å²) in [6.45, 7) is 0. The van der Waals surface area contributed by atoms with E-state index in [-0.39, 0.29) is 20.1 Å². The molecule has 0 atom stereocenters. The zero-order valence-corrected chi connectivity index (χ0v) is 12.7. The Morgan fingerprint density at radius 2 is 1.65 bits per heavy atom. The summed E-state index contributed by atoms with van der Waals surface area (Å²) >= 11 is 0. The molecule has 0 fully saturated rings. The predicted molar refractivity (Wildman–Crippen MR) is 73.6 cm³/mol. The molecule has 4 aromatic rings. The molecule has 0 spiro atoms. The number of hydrogen-bond acceptors (Lipinski definition) is 3. The maximum Gasteiger partial charge on any atom is 0.157 e. The Balaban J connectivity index is 0.00000121. The van der Waals surface area contributed by atoms with Crippen LogP contribution in [0, 0.1) is 6.20 Å². The molecule has 4 rings (SSSR count). The molecule has 0 aliphatic carbocycles. The van der Waals surface area contributed by atoms with Crippen LogP contribution in [-0.2, 0) is 20.1 Å². The van der Waals surface area contributed by atoms with Gasteiger partial charge in [0.2, 0.25) is 0 Å². The van der Waals surface area contributed by atoms with Crippen molar-refractivity contribution >= 4 is 21.7 Å². The third-order valence-corrected chi connectivity index (χ3v) is 3.22. The first-order chi connectivity index (χ1) is 9.43. The minimum atomic E-state index is 0. The van der Waals surface area contributed by atoms with Crippen molar-refractivity contribution in [2.45, 2.75) is 0 Å². The molecule has 0 amide bonds. The van der Waals surface area contributed by atoms with E-state index in [1.165, 1.54) is 0 Å². The smallest absolute Gasteiger partial charge is 0.157 e. The molecule has 0 aliphatic rings. The van der Waals surface area contributed by atoms with E-state index in [1.807, 2.05) is 48.5 Å². The van der Waals surface area contributed by atoms with E-state index < -0.39 is 0 Å². The van der Waals surface area contributed by atoms with Gasteiger partial charge in [0.25, 0.3) is 0 Å². The first-order valence-corrected chi connectivity index (χ1v) is 6.04. The van der Waals surface area contributed by atoms with Gasteiger partial charge in [-0.25, -0.2) is 0 Å². The Morgan fingerprint density at radius 3 is 2.55 bits per heavy atom. The summed E-state index contributed by atoms with van der Waals surface area (Å²) in [5, 5.41) is 7.31. The normalized spacial score (nSPS) is 10.6. The number of rotatable bonds is 1. The van der Waals surface area contributed by atoms with Crippen molar-refractivity contribution in [2.24, 2.45) is 0 Å². The second-order valence-electron chi connectivity index (χ2n) is 4.36. The summed E-state index contributed by atoms with van der Waals surface area (Å²) in [6, 6.07) is 15.9. The van der Waals surface area contributed by atoms with Crippen molar-refractivity contribution in [3.63, 3.8) is 0 Å². The maximum atomic E-state index is 5.35. The fourth-order valence-corrected chi connectivity index (χ4v) is 2.31. The van der Waals surface area contributed by atoms with Gasteiger partial charge in [-0.15, -0.1) is 5.16 Å². The fraction of sp³-hybridized carbons (Fsp3) is 0. The summed E-state index contributed by atoms with van der Waals surface area (Å²) in [5.74, 6) is 0. The summed E-state index contributed by atoms with van der Waals surface area (Å²) in [4.78, 5) is 4.17. The molecule has 2 aromatic carbocycles. The Kier molecular flexibility index (Phi) is 3.35. The van der Waals surface area contributed by atoms with Crippen molar-refractivity contribution in [1.82, 2.24) is 10.1 Å². The van der Waals surface area contributed by atoms with Gasteiger partial charge in [0, 0.05) is 31.2 Å². The van der Waals surface area contributed by atoms with Crippen molar-refractivity contribution in [1.29, 1.82) is 0 Å². The largest absolute Gasteiger partial charge is 0.366 e. The zero-order chi connectivity index (χ0) is 12.7. The summed E-state index contributed by atoms with van der Waals surface area (Å²) in [7, 11) is 0. The van der Waals surface area contributed by atoms with Gasteiger partial charge in [-0.3, -0.25) is 0 Å². The van der Waals surface area contributed by atoms with Crippen LogP contribution >= 0.6 is 0 Å². The fourth-order valence-electron chi connectivity index (χ4n) is 2.31. The van der Waals surface area contributed by atoms with Crippen LogP contribution < -0.4 is 0 Å². The molecule has 1 radical (unpaired) electrons. The number of pyridine rings is 1. The molecular weight excluding hydrogens is 428 g/mol. The Labute approximate surface area is 129 Å². The van der Waals surface area contributed by atoms with Crippen molar-refractivity contribution < 1.29 is 24.6 Å². The zero-order valence-electron chi connectivity index (χ0n) is 10.3. The van der Waals surface area contributed by atoms with E-state index >= 15 is 0 Å². The summed E-state index contributed by atoms with van der Waals surface area (Å²) in [5.41, 5.74) is 2.45. The minimum absolute atomic E-state index is 0. The van der Waals surface area contributed by atoms with Crippen molar-refractivity contribution in [3.05, 3.63) is 60.9 Å². The van der Waals surface area contributed by atoms with E-state index in [1.54, 1.807) is 6.20 Å². The molecule has 0 bridgehead atoms. The number of benzene rings is 2. The first-order valence-electron chi connectivity index (χ1n) is 6.04. The molecule has 0 N–H and O–H groups in total. The van der Waals surface area contributed by atoms with E-state index in [0.29, 0.717) is 0 Å². The van der Waals surface area contributed by atoms with Crippen LogP contribution in [0.4, 0.5) is 0 Å². The standard InChI is InChI=1S/C16H9N2O.Ir/c1-2-6-12-11(5-1)9-17-10-14(12)16-13-7-3-4-8-15(13)19-18-16;/h1-9H;/q-1;. The SMILES string of the molecule is [Ir].[c-]1ncc2ccccc2c1-c1noc2ccccc12. The van der Waals surface area contributed by atoms with Gasteiger partial charge in [-0.1, -0.05) is 58.8 Å².